The molecule has 1 atom stereocenters. The molecule has 0 saturated carbocycles. The van der Waals surface area contributed by atoms with Crippen molar-refractivity contribution < 1.29 is 13.5 Å². The minimum atomic E-state index is -2.80. The van der Waals surface area contributed by atoms with E-state index in [4.69, 9.17) is 0 Å². The molecule has 0 saturated heterocycles. The third-order valence-electron chi connectivity index (χ3n) is 3.11. The van der Waals surface area contributed by atoms with Crippen molar-refractivity contribution >= 4 is 11.3 Å². The standard InChI is InChI=1S/C15H18F2N2OS/c1-9(2)12-8-21-14(19-12)13(18-3)10-4-6-11(7-5-10)20-15(16)17/h4-9,13,15,18H,1-3H3. The number of thiazole rings is 1. The minimum Gasteiger partial charge on any atom is -0.435 e. The minimum absolute atomic E-state index is 0.0527. The Balaban J connectivity index is 2.20. The first-order valence-corrected chi connectivity index (χ1v) is 7.56. The fraction of sp³-hybridized carbons (Fsp3) is 0.400. The summed E-state index contributed by atoms with van der Waals surface area (Å²) in [5.74, 6) is 0.542. The second kappa shape index (κ2) is 6.95. The van der Waals surface area contributed by atoms with Crippen molar-refractivity contribution in [1.82, 2.24) is 10.3 Å². The zero-order chi connectivity index (χ0) is 15.4. The lowest BCUT2D eigenvalue weighted by Crippen LogP contribution is -2.17. The van der Waals surface area contributed by atoms with E-state index in [0.29, 0.717) is 5.92 Å². The van der Waals surface area contributed by atoms with Crippen LogP contribution in [0.5, 0.6) is 5.75 Å². The molecule has 0 aliphatic heterocycles. The maximum atomic E-state index is 12.1. The van der Waals surface area contributed by atoms with Gasteiger partial charge in [0, 0.05) is 5.38 Å². The van der Waals surface area contributed by atoms with E-state index in [9.17, 15) is 8.78 Å². The number of rotatable bonds is 6. The van der Waals surface area contributed by atoms with Crippen molar-refractivity contribution in [3.63, 3.8) is 0 Å². The van der Waals surface area contributed by atoms with Gasteiger partial charge in [0.1, 0.15) is 10.8 Å². The summed E-state index contributed by atoms with van der Waals surface area (Å²) in [6, 6.07) is 6.58. The molecule has 3 nitrogen and oxygen atoms in total. The molecule has 114 valence electrons. The number of alkyl halides is 2. The highest BCUT2D eigenvalue weighted by atomic mass is 32.1. The van der Waals surface area contributed by atoms with Crippen LogP contribution in [-0.2, 0) is 0 Å². The first-order valence-electron chi connectivity index (χ1n) is 6.68. The summed E-state index contributed by atoms with van der Waals surface area (Å²) < 4.78 is 28.6. The van der Waals surface area contributed by atoms with E-state index in [1.54, 1.807) is 35.6 Å². The van der Waals surface area contributed by atoms with Crippen LogP contribution in [0.15, 0.2) is 29.6 Å². The molecule has 1 unspecified atom stereocenters. The van der Waals surface area contributed by atoms with Crippen molar-refractivity contribution in [3.8, 4) is 5.75 Å². The molecule has 1 N–H and O–H groups in total. The summed E-state index contributed by atoms with van der Waals surface area (Å²) in [4.78, 5) is 4.63. The van der Waals surface area contributed by atoms with Gasteiger partial charge in [0.2, 0.25) is 0 Å². The number of aromatic nitrogens is 1. The van der Waals surface area contributed by atoms with Gasteiger partial charge in [-0.25, -0.2) is 4.98 Å². The Morgan fingerprint density at radius 1 is 1.19 bits per heavy atom. The summed E-state index contributed by atoms with van der Waals surface area (Å²) in [5.41, 5.74) is 2.02. The highest BCUT2D eigenvalue weighted by Gasteiger charge is 2.17. The fourth-order valence-electron chi connectivity index (χ4n) is 1.97. The molecule has 2 rings (SSSR count). The number of nitrogens with zero attached hydrogens (tertiary/aromatic N) is 1. The lowest BCUT2D eigenvalue weighted by Gasteiger charge is -2.14. The van der Waals surface area contributed by atoms with Gasteiger partial charge < -0.3 is 10.1 Å². The summed E-state index contributed by atoms with van der Waals surface area (Å²) >= 11 is 1.60. The first-order chi connectivity index (χ1) is 10.0. The quantitative estimate of drug-likeness (QED) is 0.869. The van der Waals surface area contributed by atoms with Gasteiger partial charge in [0.15, 0.2) is 0 Å². The summed E-state index contributed by atoms with van der Waals surface area (Å²) in [6.45, 7) is 1.40. The van der Waals surface area contributed by atoms with E-state index in [1.165, 1.54) is 0 Å². The highest BCUT2D eigenvalue weighted by molar-refractivity contribution is 7.09. The predicted molar refractivity (Wildman–Crippen MR) is 80.2 cm³/mol. The Bertz CT molecular complexity index is 569. The highest BCUT2D eigenvalue weighted by Crippen LogP contribution is 2.28. The van der Waals surface area contributed by atoms with Crippen molar-refractivity contribution in [3.05, 3.63) is 45.9 Å². The van der Waals surface area contributed by atoms with Gasteiger partial charge in [-0.3, -0.25) is 0 Å². The third-order valence-corrected chi connectivity index (χ3v) is 4.03. The molecule has 0 aliphatic rings. The lowest BCUT2D eigenvalue weighted by atomic mass is 10.1. The molecule has 0 aliphatic carbocycles. The predicted octanol–water partition coefficient (Wildman–Crippen LogP) is 4.18. The maximum absolute atomic E-state index is 12.1. The van der Waals surface area contributed by atoms with Crippen LogP contribution in [0, 0.1) is 0 Å². The molecule has 0 bridgehead atoms. The van der Waals surface area contributed by atoms with Crippen LogP contribution in [0.4, 0.5) is 8.78 Å². The van der Waals surface area contributed by atoms with E-state index >= 15 is 0 Å². The number of halogens is 2. The second-order valence-electron chi connectivity index (χ2n) is 4.93. The number of benzene rings is 1. The maximum Gasteiger partial charge on any atom is 0.387 e. The third kappa shape index (κ3) is 3.98. The average Bonchev–Trinajstić information content (AvgIpc) is 2.91. The van der Waals surface area contributed by atoms with Gasteiger partial charge in [-0.2, -0.15) is 8.78 Å². The van der Waals surface area contributed by atoms with Crippen LogP contribution in [0.1, 0.15) is 42.1 Å². The van der Waals surface area contributed by atoms with Crippen molar-refractivity contribution in [2.24, 2.45) is 0 Å². The van der Waals surface area contributed by atoms with Crippen molar-refractivity contribution in [2.75, 3.05) is 7.05 Å². The largest absolute Gasteiger partial charge is 0.435 e. The summed E-state index contributed by atoms with van der Waals surface area (Å²) in [6.07, 6.45) is 0. The lowest BCUT2D eigenvalue weighted by molar-refractivity contribution is -0.0498. The zero-order valence-electron chi connectivity index (χ0n) is 12.1. The van der Waals surface area contributed by atoms with Gasteiger partial charge in [-0.1, -0.05) is 26.0 Å². The molecule has 1 heterocycles. The number of nitrogens with one attached hydrogen (secondary N) is 1. The summed E-state index contributed by atoms with van der Waals surface area (Å²) in [7, 11) is 1.85. The number of hydrogen-bond donors (Lipinski definition) is 1. The monoisotopic (exact) mass is 312 g/mol. The van der Waals surface area contributed by atoms with Crippen LogP contribution < -0.4 is 10.1 Å². The topological polar surface area (TPSA) is 34.1 Å². The van der Waals surface area contributed by atoms with Gasteiger partial charge in [-0.05, 0) is 30.7 Å². The van der Waals surface area contributed by atoms with Gasteiger partial charge in [0.05, 0.1) is 11.7 Å². The fourth-order valence-corrected chi connectivity index (χ4v) is 3.09. The SMILES string of the molecule is CNC(c1ccc(OC(F)F)cc1)c1nc(C(C)C)cs1. The molecule has 0 spiro atoms. The number of ether oxygens (including phenoxy) is 1. The Kier molecular flexibility index (Phi) is 5.25. The molecule has 0 fully saturated rings. The Morgan fingerprint density at radius 3 is 2.33 bits per heavy atom. The molecule has 1 aromatic carbocycles. The van der Waals surface area contributed by atoms with Crippen molar-refractivity contribution in [1.29, 1.82) is 0 Å². The Labute approximate surface area is 127 Å². The molecular formula is C15H18F2N2OS. The van der Waals surface area contributed by atoms with Gasteiger partial charge in [0.25, 0.3) is 0 Å². The van der Waals surface area contributed by atoms with E-state index in [0.717, 1.165) is 16.3 Å². The summed E-state index contributed by atoms with van der Waals surface area (Å²) in [5, 5.41) is 6.22. The molecule has 2 aromatic rings. The van der Waals surface area contributed by atoms with E-state index < -0.39 is 6.61 Å². The molecule has 21 heavy (non-hydrogen) atoms. The second-order valence-corrected chi connectivity index (χ2v) is 5.82. The average molecular weight is 312 g/mol. The molecule has 0 radical (unpaired) electrons. The molecule has 0 amide bonds. The van der Waals surface area contributed by atoms with Crippen LogP contribution in [0.2, 0.25) is 0 Å². The molecule has 6 heteroatoms. The zero-order valence-corrected chi connectivity index (χ0v) is 13.0. The van der Waals surface area contributed by atoms with Crippen LogP contribution in [-0.4, -0.2) is 18.6 Å². The van der Waals surface area contributed by atoms with Gasteiger partial charge in [-0.15, -0.1) is 11.3 Å². The molecular weight excluding hydrogens is 294 g/mol. The Morgan fingerprint density at radius 2 is 1.86 bits per heavy atom. The van der Waals surface area contributed by atoms with Crippen LogP contribution in [0.3, 0.4) is 0 Å². The van der Waals surface area contributed by atoms with Gasteiger partial charge >= 0.3 is 6.61 Å². The normalized spacial score (nSPS) is 12.9. The van der Waals surface area contributed by atoms with E-state index in [-0.39, 0.29) is 11.8 Å². The smallest absolute Gasteiger partial charge is 0.387 e. The van der Waals surface area contributed by atoms with Crippen LogP contribution in [0.25, 0.3) is 0 Å². The Hall–Kier alpha value is -1.53. The number of hydrogen-bond acceptors (Lipinski definition) is 4. The van der Waals surface area contributed by atoms with Crippen LogP contribution >= 0.6 is 11.3 Å². The van der Waals surface area contributed by atoms with Crippen molar-refractivity contribution in [2.45, 2.75) is 32.4 Å². The molecule has 1 aromatic heterocycles. The van der Waals surface area contributed by atoms with E-state index in [2.05, 4.69) is 34.3 Å². The first kappa shape index (κ1) is 15.9. The van der Waals surface area contributed by atoms with E-state index in [1.807, 2.05) is 7.05 Å².